The van der Waals surface area contributed by atoms with Gasteiger partial charge in [-0.25, -0.2) is 4.98 Å². The monoisotopic (exact) mass is 377 g/mol. The Hall–Kier alpha value is -2.99. The van der Waals surface area contributed by atoms with Gasteiger partial charge in [0.1, 0.15) is 0 Å². The van der Waals surface area contributed by atoms with Gasteiger partial charge in [0.25, 0.3) is 5.91 Å². The van der Waals surface area contributed by atoms with E-state index in [1.54, 1.807) is 18.3 Å². The molecule has 1 aromatic carbocycles. The van der Waals surface area contributed by atoms with Gasteiger partial charge in [0.05, 0.1) is 16.3 Å². The lowest BCUT2D eigenvalue weighted by Crippen LogP contribution is -2.03. The number of nitrogens with zero attached hydrogens (tertiary/aromatic N) is 1. The standard InChI is InChI=1S/C21H19N3O2S/c1-10-18(22-11(2)20(10)12(3)25)8-16-15-7-14(19-9-27-13(4)23-19)5-6-17(15)24-21(16)26/h5-9,22H,1-4H3,(H,24,26)/b16-8-. The summed E-state index contributed by atoms with van der Waals surface area (Å²) in [5.74, 6) is -0.129. The zero-order valence-corrected chi connectivity index (χ0v) is 16.4. The van der Waals surface area contributed by atoms with Crippen molar-refractivity contribution in [1.29, 1.82) is 0 Å². The van der Waals surface area contributed by atoms with Crippen molar-refractivity contribution in [2.45, 2.75) is 27.7 Å². The van der Waals surface area contributed by atoms with E-state index in [2.05, 4.69) is 15.3 Å². The number of aromatic amines is 1. The largest absolute Gasteiger partial charge is 0.358 e. The zero-order chi connectivity index (χ0) is 19.3. The van der Waals surface area contributed by atoms with Crippen LogP contribution in [0.3, 0.4) is 0 Å². The number of benzene rings is 1. The van der Waals surface area contributed by atoms with Crippen molar-refractivity contribution in [2.75, 3.05) is 5.32 Å². The predicted octanol–water partition coefficient (Wildman–Crippen LogP) is 4.76. The summed E-state index contributed by atoms with van der Waals surface area (Å²) in [6.07, 6.45) is 1.83. The fourth-order valence-corrected chi connectivity index (χ4v) is 4.20. The van der Waals surface area contributed by atoms with Crippen LogP contribution >= 0.6 is 11.3 Å². The number of aromatic nitrogens is 2. The van der Waals surface area contributed by atoms with E-state index in [1.807, 2.05) is 50.4 Å². The molecule has 0 aliphatic carbocycles. The SMILES string of the molecule is CC(=O)c1c(C)[nH]c(/C=C2\C(=O)Nc3ccc(-c4csc(C)n4)cc32)c1C. The molecular weight excluding hydrogens is 358 g/mol. The molecule has 6 heteroatoms. The number of amides is 1. The Labute approximate surface area is 161 Å². The first-order valence-corrected chi connectivity index (χ1v) is 9.53. The van der Waals surface area contributed by atoms with E-state index in [1.165, 1.54) is 0 Å². The first kappa shape index (κ1) is 17.4. The Balaban J connectivity index is 1.82. The van der Waals surface area contributed by atoms with Gasteiger partial charge in [-0.2, -0.15) is 0 Å². The average Bonchev–Trinajstić information content (AvgIpc) is 3.25. The highest BCUT2D eigenvalue weighted by Crippen LogP contribution is 2.37. The van der Waals surface area contributed by atoms with Gasteiger partial charge < -0.3 is 10.3 Å². The molecule has 0 saturated carbocycles. The second-order valence-electron chi connectivity index (χ2n) is 6.74. The molecule has 0 bridgehead atoms. The quantitative estimate of drug-likeness (QED) is 0.510. The topological polar surface area (TPSA) is 74.8 Å². The molecule has 5 nitrogen and oxygen atoms in total. The van der Waals surface area contributed by atoms with Gasteiger partial charge >= 0.3 is 0 Å². The molecule has 0 unspecified atom stereocenters. The molecule has 0 fully saturated rings. The van der Waals surface area contributed by atoms with E-state index in [-0.39, 0.29) is 11.7 Å². The minimum Gasteiger partial charge on any atom is -0.358 e. The van der Waals surface area contributed by atoms with Crippen LogP contribution in [-0.4, -0.2) is 21.7 Å². The number of nitrogens with one attached hydrogen (secondary N) is 2. The van der Waals surface area contributed by atoms with Crippen molar-refractivity contribution in [2.24, 2.45) is 0 Å². The summed E-state index contributed by atoms with van der Waals surface area (Å²) < 4.78 is 0. The molecule has 1 amide bonds. The molecule has 3 aromatic rings. The van der Waals surface area contributed by atoms with Crippen LogP contribution in [0.1, 0.15) is 44.8 Å². The van der Waals surface area contributed by atoms with Crippen molar-refractivity contribution >= 4 is 40.4 Å². The number of ketones is 1. The third-order valence-electron chi connectivity index (χ3n) is 4.83. The normalized spacial score (nSPS) is 14.5. The minimum atomic E-state index is -0.146. The predicted molar refractivity (Wildman–Crippen MR) is 109 cm³/mol. The number of hydrogen-bond donors (Lipinski definition) is 2. The lowest BCUT2D eigenvalue weighted by Gasteiger charge is -2.03. The minimum absolute atomic E-state index is 0.0170. The van der Waals surface area contributed by atoms with E-state index >= 15 is 0 Å². The number of carbonyl (C=O) groups is 2. The van der Waals surface area contributed by atoms with E-state index in [4.69, 9.17) is 0 Å². The first-order chi connectivity index (χ1) is 12.8. The highest BCUT2D eigenvalue weighted by molar-refractivity contribution is 7.09. The van der Waals surface area contributed by atoms with Crippen molar-refractivity contribution in [3.63, 3.8) is 0 Å². The van der Waals surface area contributed by atoms with E-state index in [9.17, 15) is 9.59 Å². The Morgan fingerprint density at radius 2 is 2.00 bits per heavy atom. The fourth-order valence-electron chi connectivity index (χ4n) is 3.58. The third kappa shape index (κ3) is 2.92. The van der Waals surface area contributed by atoms with E-state index in [0.29, 0.717) is 11.1 Å². The van der Waals surface area contributed by atoms with Crippen LogP contribution in [0.4, 0.5) is 5.69 Å². The Bertz CT molecular complexity index is 1130. The maximum absolute atomic E-state index is 12.6. The van der Waals surface area contributed by atoms with Gasteiger partial charge in [-0.3, -0.25) is 9.59 Å². The molecule has 1 aliphatic rings. The van der Waals surface area contributed by atoms with Crippen molar-refractivity contribution < 1.29 is 9.59 Å². The summed E-state index contributed by atoms with van der Waals surface area (Å²) in [6.45, 7) is 7.30. The van der Waals surface area contributed by atoms with E-state index < -0.39 is 0 Å². The van der Waals surface area contributed by atoms with Crippen LogP contribution in [0.15, 0.2) is 23.6 Å². The highest BCUT2D eigenvalue weighted by Gasteiger charge is 2.26. The van der Waals surface area contributed by atoms with E-state index in [0.717, 1.165) is 44.5 Å². The van der Waals surface area contributed by atoms with Gasteiger partial charge in [-0.1, -0.05) is 6.07 Å². The van der Waals surface area contributed by atoms with Crippen LogP contribution in [0, 0.1) is 20.8 Å². The summed E-state index contributed by atoms with van der Waals surface area (Å²) >= 11 is 1.60. The Morgan fingerprint density at radius 1 is 1.22 bits per heavy atom. The molecule has 2 N–H and O–H groups in total. The second kappa shape index (κ2) is 6.32. The number of carbonyl (C=O) groups excluding carboxylic acids is 2. The molecule has 136 valence electrons. The van der Waals surface area contributed by atoms with Gasteiger partial charge in [-0.15, -0.1) is 11.3 Å². The van der Waals surface area contributed by atoms with Crippen LogP contribution in [0.2, 0.25) is 0 Å². The second-order valence-corrected chi connectivity index (χ2v) is 7.81. The number of Topliss-reactive ketones (excluding diaryl/α,β-unsaturated/α-hetero) is 1. The number of rotatable bonds is 3. The summed E-state index contributed by atoms with van der Waals surface area (Å²) in [4.78, 5) is 32.2. The lowest BCUT2D eigenvalue weighted by molar-refractivity contribution is -0.110. The summed E-state index contributed by atoms with van der Waals surface area (Å²) in [5, 5.41) is 5.93. The molecule has 0 saturated heterocycles. The number of hydrogen-bond acceptors (Lipinski definition) is 4. The summed E-state index contributed by atoms with van der Waals surface area (Å²) in [6, 6.07) is 5.87. The van der Waals surface area contributed by atoms with Crippen LogP contribution in [-0.2, 0) is 4.79 Å². The number of thiazole rings is 1. The molecule has 1 aliphatic heterocycles. The average molecular weight is 377 g/mol. The zero-order valence-electron chi connectivity index (χ0n) is 15.6. The highest BCUT2D eigenvalue weighted by atomic mass is 32.1. The summed E-state index contributed by atoms with van der Waals surface area (Å²) in [5.41, 5.74) is 7.25. The molecular formula is C21H19N3O2S. The lowest BCUT2D eigenvalue weighted by atomic mass is 10.0. The van der Waals surface area contributed by atoms with Gasteiger partial charge in [0, 0.05) is 39.1 Å². The first-order valence-electron chi connectivity index (χ1n) is 8.65. The van der Waals surface area contributed by atoms with Crippen molar-refractivity contribution in [3.8, 4) is 11.3 Å². The Kier molecular flexibility index (Phi) is 4.08. The van der Waals surface area contributed by atoms with Crippen molar-refractivity contribution in [1.82, 2.24) is 9.97 Å². The smallest absolute Gasteiger partial charge is 0.256 e. The molecule has 0 spiro atoms. The summed E-state index contributed by atoms with van der Waals surface area (Å²) in [7, 11) is 0. The molecule has 0 atom stereocenters. The molecule has 3 heterocycles. The van der Waals surface area contributed by atoms with Gasteiger partial charge in [0.15, 0.2) is 5.78 Å². The maximum atomic E-state index is 12.6. The van der Waals surface area contributed by atoms with Gasteiger partial charge in [-0.05, 0) is 51.5 Å². The fraction of sp³-hybridized carbons (Fsp3) is 0.190. The molecule has 2 aromatic heterocycles. The Morgan fingerprint density at radius 3 is 2.63 bits per heavy atom. The number of fused-ring (bicyclic) bond motifs is 1. The molecule has 27 heavy (non-hydrogen) atoms. The number of anilines is 1. The molecule has 4 rings (SSSR count). The van der Waals surface area contributed by atoms with Gasteiger partial charge in [0.2, 0.25) is 0 Å². The van der Waals surface area contributed by atoms with Crippen LogP contribution in [0.25, 0.3) is 22.9 Å². The number of H-pyrrole nitrogens is 1. The number of aryl methyl sites for hydroxylation is 2. The van der Waals surface area contributed by atoms with Crippen LogP contribution in [0.5, 0.6) is 0 Å². The molecule has 0 radical (unpaired) electrons. The third-order valence-corrected chi connectivity index (χ3v) is 5.61. The maximum Gasteiger partial charge on any atom is 0.256 e. The van der Waals surface area contributed by atoms with Crippen molar-refractivity contribution in [3.05, 3.63) is 56.7 Å². The van der Waals surface area contributed by atoms with Crippen LogP contribution < -0.4 is 5.32 Å².